The van der Waals surface area contributed by atoms with Crippen molar-refractivity contribution in [2.75, 3.05) is 5.32 Å². The van der Waals surface area contributed by atoms with Gasteiger partial charge in [-0.1, -0.05) is 6.07 Å². The minimum Gasteiger partial charge on any atom is -0.378 e. The van der Waals surface area contributed by atoms with Gasteiger partial charge in [-0.2, -0.15) is 0 Å². The number of nitrogens with zero attached hydrogens (tertiary/aromatic N) is 3. The van der Waals surface area contributed by atoms with Crippen molar-refractivity contribution in [3.8, 4) is 0 Å². The lowest BCUT2D eigenvalue weighted by molar-refractivity contribution is 0.982. The summed E-state index contributed by atoms with van der Waals surface area (Å²) in [6.07, 6.45) is 5.70. The van der Waals surface area contributed by atoms with Gasteiger partial charge in [-0.05, 0) is 37.6 Å². The fraction of sp³-hybridized carbons (Fsp3) is 0.200. The molecule has 96 valence electrons. The predicted molar refractivity (Wildman–Crippen MR) is 76.2 cm³/mol. The molecule has 0 fully saturated rings. The molecular weight excluding hydrogens is 236 g/mol. The summed E-state index contributed by atoms with van der Waals surface area (Å²) in [7, 11) is 0. The van der Waals surface area contributed by atoms with E-state index in [1.165, 1.54) is 11.3 Å². The largest absolute Gasteiger partial charge is 0.378 e. The number of anilines is 1. The molecule has 0 bridgehead atoms. The Morgan fingerprint density at radius 1 is 1.21 bits per heavy atom. The molecule has 0 unspecified atom stereocenters. The van der Waals surface area contributed by atoms with Gasteiger partial charge in [-0.15, -0.1) is 0 Å². The third kappa shape index (κ3) is 2.17. The second kappa shape index (κ2) is 4.72. The van der Waals surface area contributed by atoms with E-state index in [1.54, 1.807) is 6.20 Å². The van der Waals surface area contributed by atoms with Crippen molar-refractivity contribution >= 4 is 11.3 Å². The summed E-state index contributed by atoms with van der Waals surface area (Å²) >= 11 is 0. The van der Waals surface area contributed by atoms with Crippen LogP contribution < -0.4 is 5.32 Å². The fourth-order valence-corrected chi connectivity index (χ4v) is 2.21. The second-order valence-electron chi connectivity index (χ2n) is 4.62. The van der Waals surface area contributed by atoms with Crippen LogP contribution in [0.4, 0.5) is 5.69 Å². The number of hydrogen-bond donors (Lipinski definition) is 1. The summed E-state index contributed by atoms with van der Waals surface area (Å²) in [6, 6.07) is 8.05. The molecule has 4 nitrogen and oxygen atoms in total. The average Bonchev–Trinajstić information content (AvgIpc) is 2.74. The molecule has 19 heavy (non-hydrogen) atoms. The summed E-state index contributed by atoms with van der Waals surface area (Å²) in [5, 5.41) is 3.42. The first-order valence-electron chi connectivity index (χ1n) is 6.33. The van der Waals surface area contributed by atoms with Gasteiger partial charge in [0.2, 0.25) is 0 Å². The van der Waals surface area contributed by atoms with Crippen LogP contribution in [-0.4, -0.2) is 14.4 Å². The molecule has 3 heterocycles. The van der Waals surface area contributed by atoms with E-state index < -0.39 is 0 Å². The number of fused-ring (bicyclic) bond motifs is 1. The molecule has 0 atom stereocenters. The SMILES string of the molecule is Cc1ccncc1NCc1c(C)nc2ccccn12. The van der Waals surface area contributed by atoms with E-state index >= 15 is 0 Å². The van der Waals surface area contributed by atoms with Crippen LogP contribution in [0.15, 0.2) is 42.9 Å². The first kappa shape index (κ1) is 11.7. The van der Waals surface area contributed by atoms with Gasteiger partial charge >= 0.3 is 0 Å². The van der Waals surface area contributed by atoms with Gasteiger partial charge in [0, 0.05) is 12.4 Å². The van der Waals surface area contributed by atoms with Gasteiger partial charge in [-0.25, -0.2) is 4.98 Å². The Hall–Kier alpha value is -2.36. The quantitative estimate of drug-likeness (QED) is 0.779. The summed E-state index contributed by atoms with van der Waals surface area (Å²) < 4.78 is 2.12. The van der Waals surface area contributed by atoms with Crippen molar-refractivity contribution in [2.45, 2.75) is 20.4 Å². The standard InChI is InChI=1S/C15H16N4/c1-11-6-7-16-9-13(11)17-10-14-12(2)18-15-5-3-4-8-19(14)15/h3-9,17H,10H2,1-2H3. The lowest BCUT2D eigenvalue weighted by Gasteiger charge is -2.09. The molecule has 0 saturated heterocycles. The number of nitrogens with one attached hydrogen (secondary N) is 1. The molecule has 4 heteroatoms. The van der Waals surface area contributed by atoms with Crippen molar-refractivity contribution in [2.24, 2.45) is 0 Å². The highest BCUT2D eigenvalue weighted by Gasteiger charge is 2.08. The van der Waals surface area contributed by atoms with Crippen LogP contribution in [0.25, 0.3) is 5.65 Å². The number of aromatic nitrogens is 3. The molecular formula is C15H16N4. The van der Waals surface area contributed by atoms with Gasteiger partial charge in [0.25, 0.3) is 0 Å². The smallest absolute Gasteiger partial charge is 0.137 e. The molecule has 3 aromatic rings. The highest BCUT2D eigenvalue weighted by molar-refractivity contribution is 5.49. The minimum atomic E-state index is 0.740. The van der Waals surface area contributed by atoms with E-state index in [0.29, 0.717) is 0 Å². The zero-order chi connectivity index (χ0) is 13.2. The van der Waals surface area contributed by atoms with Crippen LogP contribution in [0.1, 0.15) is 17.0 Å². The summed E-state index contributed by atoms with van der Waals surface area (Å²) in [4.78, 5) is 8.70. The Bertz CT molecular complexity index is 715. The highest BCUT2D eigenvalue weighted by Crippen LogP contribution is 2.16. The van der Waals surface area contributed by atoms with Crippen LogP contribution in [0, 0.1) is 13.8 Å². The minimum absolute atomic E-state index is 0.740. The normalized spacial score (nSPS) is 10.8. The van der Waals surface area contributed by atoms with E-state index in [1.807, 2.05) is 43.6 Å². The monoisotopic (exact) mass is 252 g/mol. The number of pyridine rings is 2. The van der Waals surface area contributed by atoms with E-state index in [9.17, 15) is 0 Å². The van der Waals surface area contributed by atoms with Gasteiger partial charge in [0.05, 0.1) is 29.8 Å². The molecule has 3 aromatic heterocycles. The van der Waals surface area contributed by atoms with Crippen molar-refractivity contribution in [1.82, 2.24) is 14.4 Å². The zero-order valence-electron chi connectivity index (χ0n) is 11.1. The number of rotatable bonds is 3. The van der Waals surface area contributed by atoms with Crippen molar-refractivity contribution in [3.05, 3.63) is 59.8 Å². The Morgan fingerprint density at radius 3 is 2.95 bits per heavy atom. The molecule has 0 aliphatic heterocycles. The molecule has 0 aliphatic carbocycles. The van der Waals surface area contributed by atoms with E-state index in [-0.39, 0.29) is 0 Å². The van der Waals surface area contributed by atoms with Gasteiger partial charge < -0.3 is 9.72 Å². The van der Waals surface area contributed by atoms with E-state index in [0.717, 1.165) is 23.6 Å². The van der Waals surface area contributed by atoms with Crippen molar-refractivity contribution < 1.29 is 0 Å². The number of hydrogen-bond acceptors (Lipinski definition) is 3. The van der Waals surface area contributed by atoms with Gasteiger partial charge in [-0.3, -0.25) is 4.98 Å². The topological polar surface area (TPSA) is 42.2 Å². The Balaban J connectivity index is 1.90. The van der Waals surface area contributed by atoms with Crippen LogP contribution in [-0.2, 0) is 6.54 Å². The molecule has 1 N–H and O–H groups in total. The molecule has 3 rings (SSSR count). The third-order valence-electron chi connectivity index (χ3n) is 3.31. The Labute approximate surface area is 112 Å². The van der Waals surface area contributed by atoms with Crippen molar-refractivity contribution in [3.63, 3.8) is 0 Å². The predicted octanol–water partition coefficient (Wildman–Crippen LogP) is 2.96. The third-order valence-corrected chi connectivity index (χ3v) is 3.31. The summed E-state index contributed by atoms with van der Waals surface area (Å²) in [5.74, 6) is 0. The van der Waals surface area contributed by atoms with Crippen molar-refractivity contribution in [1.29, 1.82) is 0 Å². The van der Waals surface area contributed by atoms with Crippen LogP contribution in [0.2, 0.25) is 0 Å². The maximum Gasteiger partial charge on any atom is 0.137 e. The second-order valence-corrected chi connectivity index (χ2v) is 4.62. The molecule has 0 spiro atoms. The lowest BCUT2D eigenvalue weighted by atomic mass is 10.2. The average molecular weight is 252 g/mol. The maximum absolute atomic E-state index is 4.56. The van der Waals surface area contributed by atoms with Crippen LogP contribution >= 0.6 is 0 Å². The van der Waals surface area contributed by atoms with E-state index in [2.05, 4.69) is 26.6 Å². The number of imidazole rings is 1. The lowest BCUT2D eigenvalue weighted by Crippen LogP contribution is -2.05. The molecule has 0 amide bonds. The van der Waals surface area contributed by atoms with Gasteiger partial charge in [0.15, 0.2) is 0 Å². The summed E-state index contributed by atoms with van der Waals surface area (Å²) in [6.45, 7) is 4.86. The summed E-state index contributed by atoms with van der Waals surface area (Å²) in [5.41, 5.74) is 5.48. The first-order valence-corrected chi connectivity index (χ1v) is 6.33. The number of aryl methyl sites for hydroxylation is 2. The van der Waals surface area contributed by atoms with Gasteiger partial charge in [0.1, 0.15) is 5.65 Å². The molecule has 0 aliphatic rings. The molecule has 0 radical (unpaired) electrons. The van der Waals surface area contributed by atoms with E-state index in [4.69, 9.17) is 0 Å². The molecule has 0 saturated carbocycles. The first-order chi connectivity index (χ1) is 9.25. The Kier molecular flexibility index (Phi) is 2.91. The Morgan fingerprint density at radius 2 is 2.11 bits per heavy atom. The molecule has 0 aromatic carbocycles. The van der Waals surface area contributed by atoms with Crippen LogP contribution in [0.5, 0.6) is 0 Å². The maximum atomic E-state index is 4.56. The zero-order valence-corrected chi connectivity index (χ0v) is 11.1. The highest BCUT2D eigenvalue weighted by atomic mass is 15.0. The van der Waals surface area contributed by atoms with Crippen LogP contribution in [0.3, 0.4) is 0 Å². The fourth-order valence-electron chi connectivity index (χ4n) is 2.21.